The predicted molar refractivity (Wildman–Crippen MR) is 130 cm³/mol. The van der Waals surface area contributed by atoms with Gasteiger partial charge in [-0.2, -0.15) is 0 Å². The molecule has 2 aromatic heterocycles. The van der Waals surface area contributed by atoms with Gasteiger partial charge in [-0.15, -0.1) is 21.5 Å². The molecule has 9 heteroatoms. The van der Waals surface area contributed by atoms with Gasteiger partial charge in [0.25, 0.3) is 0 Å². The van der Waals surface area contributed by atoms with Crippen molar-refractivity contribution in [3.63, 3.8) is 0 Å². The normalized spacial score (nSPS) is 15.2. The van der Waals surface area contributed by atoms with Crippen LogP contribution >= 0.6 is 23.1 Å². The Bertz CT molecular complexity index is 1030. The van der Waals surface area contributed by atoms with Gasteiger partial charge < -0.3 is 15.0 Å². The second kappa shape index (κ2) is 10.5. The minimum atomic E-state index is -0.00573. The minimum Gasteiger partial charge on any atom is -0.378 e. The van der Waals surface area contributed by atoms with Gasteiger partial charge in [0.05, 0.1) is 30.7 Å². The molecule has 0 bridgehead atoms. The molecule has 32 heavy (non-hydrogen) atoms. The van der Waals surface area contributed by atoms with Crippen LogP contribution in [-0.4, -0.2) is 52.7 Å². The fourth-order valence-electron chi connectivity index (χ4n) is 3.70. The van der Waals surface area contributed by atoms with Gasteiger partial charge >= 0.3 is 0 Å². The summed E-state index contributed by atoms with van der Waals surface area (Å²) in [6.45, 7) is 9.20. The number of nitrogens with zero attached hydrogens (tertiary/aromatic N) is 4. The van der Waals surface area contributed by atoms with Crippen molar-refractivity contribution < 1.29 is 9.53 Å². The van der Waals surface area contributed by atoms with Crippen molar-refractivity contribution in [3.8, 4) is 5.69 Å². The van der Waals surface area contributed by atoms with E-state index in [1.54, 1.807) is 11.3 Å². The third-order valence-corrected chi connectivity index (χ3v) is 7.22. The molecule has 3 heterocycles. The lowest BCUT2D eigenvalue weighted by Gasteiger charge is -2.28. The SMILES string of the molecule is Cc1cccc(-n2c(SCC(=O)NC(c3cccs3)C(C)C)nnc2N2CCOCC2)c1. The molecule has 1 aliphatic rings. The number of thioether (sulfide) groups is 1. The van der Waals surface area contributed by atoms with Crippen LogP contribution in [0.3, 0.4) is 0 Å². The summed E-state index contributed by atoms with van der Waals surface area (Å²) in [4.78, 5) is 16.2. The first-order valence-corrected chi connectivity index (χ1v) is 12.7. The summed E-state index contributed by atoms with van der Waals surface area (Å²) in [5, 5.41) is 14.9. The number of carbonyl (C=O) groups excluding carboxylic acids is 1. The van der Waals surface area contributed by atoms with Gasteiger partial charge in [-0.1, -0.05) is 43.8 Å². The van der Waals surface area contributed by atoms with Crippen LogP contribution in [0.1, 0.15) is 30.3 Å². The molecule has 1 amide bonds. The van der Waals surface area contributed by atoms with E-state index in [1.807, 2.05) is 17.5 Å². The highest BCUT2D eigenvalue weighted by Gasteiger charge is 2.24. The second-order valence-corrected chi connectivity index (χ2v) is 10.1. The summed E-state index contributed by atoms with van der Waals surface area (Å²) in [5.74, 6) is 1.38. The Labute approximate surface area is 197 Å². The van der Waals surface area contributed by atoms with Crippen molar-refractivity contribution in [1.82, 2.24) is 20.1 Å². The molecule has 3 aromatic rings. The number of benzene rings is 1. The van der Waals surface area contributed by atoms with Gasteiger partial charge in [0.15, 0.2) is 5.16 Å². The lowest BCUT2D eigenvalue weighted by molar-refractivity contribution is -0.119. The van der Waals surface area contributed by atoms with Gasteiger partial charge in [0.1, 0.15) is 0 Å². The molecule has 1 N–H and O–H groups in total. The number of aromatic nitrogens is 3. The zero-order valence-electron chi connectivity index (χ0n) is 18.7. The number of aryl methyl sites for hydroxylation is 1. The van der Waals surface area contributed by atoms with Crippen molar-refractivity contribution in [2.75, 3.05) is 37.0 Å². The van der Waals surface area contributed by atoms with Crippen LogP contribution in [0.2, 0.25) is 0 Å². The quantitative estimate of drug-likeness (QED) is 0.499. The number of anilines is 1. The smallest absolute Gasteiger partial charge is 0.232 e. The summed E-state index contributed by atoms with van der Waals surface area (Å²) >= 11 is 3.09. The highest BCUT2D eigenvalue weighted by Crippen LogP contribution is 2.29. The van der Waals surface area contributed by atoms with Crippen LogP contribution in [0, 0.1) is 12.8 Å². The molecule has 0 saturated carbocycles. The molecular formula is C23H29N5O2S2. The Morgan fingerprint density at radius 1 is 1.22 bits per heavy atom. The summed E-state index contributed by atoms with van der Waals surface area (Å²) in [6.07, 6.45) is 0. The van der Waals surface area contributed by atoms with Gasteiger partial charge in [-0.05, 0) is 42.0 Å². The Balaban J connectivity index is 1.53. The van der Waals surface area contributed by atoms with Crippen LogP contribution in [0.25, 0.3) is 5.69 Å². The highest BCUT2D eigenvalue weighted by molar-refractivity contribution is 7.99. The Morgan fingerprint density at radius 3 is 2.72 bits per heavy atom. The number of carbonyl (C=O) groups is 1. The van der Waals surface area contributed by atoms with E-state index in [0.29, 0.717) is 24.3 Å². The van der Waals surface area contributed by atoms with E-state index >= 15 is 0 Å². The number of amides is 1. The van der Waals surface area contributed by atoms with E-state index in [9.17, 15) is 4.79 Å². The van der Waals surface area contributed by atoms with E-state index in [2.05, 4.69) is 70.0 Å². The molecule has 4 rings (SSSR count). The first kappa shape index (κ1) is 22.8. The topological polar surface area (TPSA) is 72.3 Å². The van der Waals surface area contributed by atoms with Crippen molar-refractivity contribution in [2.45, 2.75) is 32.0 Å². The van der Waals surface area contributed by atoms with Crippen molar-refractivity contribution in [2.24, 2.45) is 5.92 Å². The molecule has 7 nitrogen and oxygen atoms in total. The third-order valence-electron chi connectivity index (χ3n) is 5.34. The molecule has 1 fully saturated rings. The Kier molecular flexibility index (Phi) is 7.49. The lowest BCUT2D eigenvalue weighted by Crippen LogP contribution is -2.38. The highest BCUT2D eigenvalue weighted by atomic mass is 32.2. The summed E-state index contributed by atoms with van der Waals surface area (Å²) in [5.41, 5.74) is 2.16. The second-order valence-electron chi connectivity index (χ2n) is 8.15. The largest absolute Gasteiger partial charge is 0.378 e. The van der Waals surface area contributed by atoms with Gasteiger partial charge in [0.2, 0.25) is 11.9 Å². The van der Waals surface area contributed by atoms with Crippen LogP contribution in [-0.2, 0) is 9.53 Å². The lowest BCUT2D eigenvalue weighted by atomic mass is 10.0. The monoisotopic (exact) mass is 471 g/mol. The molecule has 170 valence electrons. The fraction of sp³-hybridized carbons (Fsp3) is 0.435. The molecular weight excluding hydrogens is 442 g/mol. The maximum atomic E-state index is 12.8. The number of morpholine rings is 1. The van der Waals surface area contributed by atoms with Crippen molar-refractivity contribution in [3.05, 3.63) is 52.2 Å². The number of ether oxygens (including phenoxy) is 1. The number of hydrogen-bond acceptors (Lipinski definition) is 7. The maximum Gasteiger partial charge on any atom is 0.232 e. The van der Waals surface area contributed by atoms with Crippen LogP contribution in [0.15, 0.2) is 46.9 Å². The van der Waals surface area contributed by atoms with Crippen molar-refractivity contribution in [1.29, 1.82) is 0 Å². The summed E-state index contributed by atoms with van der Waals surface area (Å²) < 4.78 is 7.55. The fourth-order valence-corrected chi connectivity index (χ4v) is 5.40. The van der Waals surface area contributed by atoms with Crippen LogP contribution < -0.4 is 10.2 Å². The standard InChI is InChI=1S/C23H29N5O2S2/c1-16(2)21(19-8-5-13-31-19)24-20(29)15-32-23-26-25-22(27-9-11-30-12-10-27)28(23)18-7-4-6-17(3)14-18/h4-8,13-14,16,21H,9-12,15H2,1-3H3,(H,24,29). The zero-order chi connectivity index (χ0) is 22.5. The van der Waals surface area contributed by atoms with E-state index in [4.69, 9.17) is 4.74 Å². The number of rotatable bonds is 8. The molecule has 0 spiro atoms. The Hall–Kier alpha value is -2.36. The van der Waals surface area contributed by atoms with E-state index in [1.165, 1.54) is 16.6 Å². The van der Waals surface area contributed by atoms with Gasteiger partial charge in [0, 0.05) is 18.0 Å². The van der Waals surface area contributed by atoms with Gasteiger partial charge in [-0.25, -0.2) is 0 Å². The van der Waals surface area contributed by atoms with E-state index in [0.717, 1.165) is 30.3 Å². The van der Waals surface area contributed by atoms with Crippen molar-refractivity contribution >= 4 is 35.0 Å². The molecule has 1 saturated heterocycles. The Morgan fingerprint density at radius 2 is 2.03 bits per heavy atom. The number of hydrogen-bond donors (Lipinski definition) is 1. The van der Waals surface area contributed by atoms with Crippen LogP contribution in [0.4, 0.5) is 5.95 Å². The minimum absolute atomic E-state index is 0.00573. The number of thiophene rings is 1. The molecule has 1 aliphatic heterocycles. The average Bonchev–Trinajstić information content (AvgIpc) is 3.46. The van der Waals surface area contributed by atoms with Gasteiger partial charge in [-0.3, -0.25) is 9.36 Å². The van der Waals surface area contributed by atoms with E-state index in [-0.39, 0.29) is 17.7 Å². The first-order valence-electron chi connectivity index (χ1n) is 10.8. The van der Waals surface area contributed by atoms with E-state index < -0.39 is 0 Å². The molecule has 0 radical (unpaired) electrons. The third kappa shape index (κ3) is 5.33. The molecule has 1 atom stereocenters. The molecule has 0 aliphatic carbocycles. The molecule has 1 aromatic carbocycles. The first-order chi connectivity index (χ1) is 15.5. The predicted octanol–water partition coefficient (Wildman–Crippen LogP) is 4.08. The summed E-state index contributed by atoms with van der Waals surface area (Å²) in [7, 11) is 0. The molecule has 1 unspecified atom stereocenters. The summed E-state index contributed by atoms with van der Waals surface area (Å²) in [6, 6.07) is 12.4. The number of nitrogens with one attached hydrogen (secondary N) is 1. The maximum absolute atomic E-state index is 12.8. The average molecular weight is 472 g/mol. The zero-order valence-corrected chi connectivity index (χ0v) is 20.3. The van der Waals surface area contributed by atoms with Crippen LogP contribution in [0.5, 0.6) is 0 Å².